The van der Waals surface area contributed by atoms with E-state index in [4.69, 9.17) is 5.10 Å². The molecule has 0 spiro atoms. The van der Waals surface area contributed by atoms with Gasteiger partial charge in [-0.15, -0.1) is 0 Å². The van der Waals surface area contributed by atoms with E-state index in [1.807, 2.05) is 89.7 Å². The quantitative estimate of drug-likeness (QED) is 0.312. The van der Waals surface area contributed by atoms with E-state index in [2.05, 4.69) is 16.8 Å². The average molecular weight is 492 g/mol. The monoisotopic (exact) mass is 491 g/mol. The van der Waals surface area contributed by atoms with E-state index in [9.17, 15) is 9.18 Å². The van der Waals surface area contributed by atoms with Gasteiger partial charge in [-0.1, -0.05) is 55.5 Å². The second-order valence-electron chi connectivity index (χ2n) is 9.03. The maximum atomic E-state index is 14.5. The van der Waals surface area contributed by atoms with Crippen molar-refractivity contribution in [3.63, 3.8) is 0 Å². The van der Waals surface area contributed by atoms with Crippen molar-refractivity contribution >= 4 is 11.7 Å². The number of carbonyl (C=O) groups is 1. The second-order valence-corrected chi connectivity index (χ2v) is 9.03. The van der Waals surface area contributed by atoms with Gasteiger partial charge in [0.15, 0.2) is 0 Å². The van der Waals surface area contributed by atoms with Crippen LogP contribution in [0.2, 0.25) is 0 Å². The van der Waals surface area contributed by atoms with E-state index >= 15 is 0 Å². The molecule has 2 amide bonds. The first-order valence-electron chi connectivity index (χ1n) is 12.4. The molecule has 0 radical (unpaired) electrons. The molecular weight excluding hydrogens is 465 g/mol. The number of anilines is 1. The molecule has 1 N–H and O–H groups in total. The number of nitrogens with one attached hydrogen (secondary N) is 1. The summed E-state index contributed by atoms with van der Waals surface area (Å²) in [7, 11) is 0. The Bertz CT molecular complexity index is 1560. The maximum Gasteiger partial charge on any atom is 0.322 e. The number of hydrogen-bond acceptors (Lipinski definition) is 2. The number of amides is 2. The van der Waals surface area contributed by atoms with Crippen LogP contribution in [0, 0.1) is 5.82 Å². The highest BCUT2D eigenvalue weighted by molar-refractivity contribution is 5.90. The van der Waals surface area contributed by atoms with Crippen LogP contribution < -0.4 is 5.32 Å². The standard InChI is InChI=1S/C30H26FN5O/c1-2-26-25-20-35(30(37)32-23-13-5-3-6-14-23)28(21-11-9-12-22(31)19-21)27-17-10-18-34(27)29(25)36(33-26)24-15-7-4-8-16-24/h3-19,28H,2,20H2,1H3,(H,32,37)/t28-/m0/s1. The van der Waals surface area contributed by atoms with Crippen LogP contribution in [0.5, 0.6) is 0 Å². The lowest BCUT2D eigenvalue weighted by molar-refractivity contribution is 0.194. The molecule has 0 fully saturated rings. The van der Waals surface area contributed by atoms with E-state index in [0.717, 1.165) is 28.5 Å². The van der Waals surface area contributed by atoms with Gasteiger partial charge in [0.25, 0.3) is 0 Å². The van der Waals surface area contributed by atoms with E-state index < -0.39 is 6.04 Å². The van der Waals surface area contributed by atoms with Gasteiger partial charge in [0, 0.05) is 17.4 Å². The molecule has 6 rings (SSSR count). The number of rotatable bonds is 4. The molecule has 0 aliphatic carbocycles. The summed E-state index contributed by atoms with van der Waals surface area (Å²) >= 11 is 0. The number of hydrogen-bond donors (Lipinski definition) is 1. The third-order valence-corrected chi connectivity index (χ3v) is 6.75. The smallest absolute Gasteiger partial charge is 0.308 e. The van der Waals surface area contributed by atoms with Crippen molar-refractivity contribution < 1.29 is 9.18 Å². The zero-order valence-electron chi connectivity index (χ0n) is 20.4. The van der Waals surface area contributed by atoms with Crippen molar-refractivity contribution in [3.8, 4) is 11.5 Å². The van der Waals surface area contributed by atoms with Crippen molar-refractivity contribution in [1.29, 1.82) is 0 Å². The van der Waals surface area contributed by atoms with Gasteiger partial charge in [0.2, 0.25) is 0 Å². The van der Waals surface area contributed by atoms with Gasteiger partial charge in [-0.2, -0.15) is 5.10 Å². The number of fused-ring (bicyclic) bond motifs is 3. The molecule has 0 saturated carbocycles. The highest BCUT2D eigenvalue weighted by Gasteiger charge is 2.36. The molecule has 2 aromatic heterocycles. The number of aryl methyl sites for hydroxylation is 1. The number of nitrogens with zero attached hydrogens (tertiary/aromatic N) is 4. The molecule has 3 heterocycles. The summed E-state index contributed by atoms with van der Waals surface area (Å²) in [6.07, 6.45) is 2.69. The van der Waals surface area contributed by atoms with Gasteiger partial charge in [-0.05, 0) is 60.5 Å². The van der Waals surface area contributed by atoms with Crippen LogP contribution in [0.15, 0.2) is 103 Å². The predicted molar refractivity (Wildman–Crippen MR) is 142 cm³/mol. The first kappa shape index (κ1) is 22.8. The fourth-order valence-corrected chi connectivity index (χ4v) is 5.09. The number of halogens is 1. The molecule has 3 aromatic carbocycles. The fraction of sp³-hybridized carbons (Fsp3) is 0.133. The van der Waals surface area contributed by atoms with Crippen LogP contribution in [0.1, 0.15) is 35.5 Å². The topological polar surface area (TPSA) is 55.1 Å². The van der Waals surface area contributed by atoms with E-state index in [-0.39, 0.29) is 11.8 Å². The van der Waals surface area contributed by atoms with Crippen molar-refractivity contribution in [2.24, 2.45) is 0 Å². The minimum absolute atomic E-state index is 0.268. The normalized spacial score (nSPS) is 14.5. The molecule has 1 aliphatic heterocycles. The lowest BCUT2D eigenvalue weighted by atomic mass is 10.0. The molecule has 5 aromatic rings. The Morgan fingerprint density at radius 2 is 1.73 bits per heavy atom. The van der Waals surface area contributed by atoms with Gasteiger partial charge in [-0.3, -0.25) is 0 Å². The van der Waals surface area contributed by atoms with Crippen molar-refractivity contribution in [2.75, 3.05) is 5.32 Å². The number of urea groups is 1. The van der Waals surface area contributed by atoms with Crippen LogP contribution >= 0.6 is 0 Å². The van der Waals surface area contributed by atoms with E-state index in [0.29, 0.717) is 24.2 Å². The average Bonchev–Trinajstić information content (AvgIpc) is 3.51. The number of benzene rings is 3. The van der Waals surface area contributed by atoms with Gasteiger partial charge < -0.3 is 14.8 Å². The van der Waals surface area contributed by atoms with Crippen molar-refractivity contribution in [3.05, 3.63) is 132 Å². The summed E-state index contributed by atoms with van der Waals surface area (Å²) in [6, 6.07) is 29.0. The fourth-order valence-electron chi connectivity index (χ4n) is 5.09. The van der Waals surface area contributed by atoms with Gasteiger partial charge in [0.05, 0.1) is 29.7 Å². The predicted octanol–water partition coefficient (Wildman–Crippen LogP) is 6.50. The lowest BCUT2D eigenvalue weighted by Crippen LogP contribution is -2.38. The van der Waals surface area contributed by atoms with Gasteiger partial charge in [-0.25, -0.2) is 13.9 Å². The van der Waals surface area contributed by atoms with Crippen LogP contribution in [0.25, 0.3) is 11.5 Å². The Kier molecular flexibility index (Phi) is 5.81. The molecule has 0 unspecified atom stereocenters. The first-order chi connectivity index (χ1) is 18.1. The van der Waals surface area contributed by atoms with E-state index in [1.165, 1.54) is 12.1 Å². The van der Waals surface area contributed by atoms with Crippen LogP contribution in [-0.4, -0.2) is 25.3 Å². The molecule has 0 saturated heterocycles. The summed E-state index contributed by atoms with van der Waals surface area (Å²) in [5, 5.41) is 8.01. The Morgan fingerprint density at radius 1 is 0.973 bits per heavy atom. The minimum Gasteiger partial charge on any atom is -0.308 e. The number of carbonyl (C=O) groups excluding carboxylic acids is 1. The largest absolute Gasteiger partial charge is 0.322 e. The van der Waals surface area contributed by atoms with Crippen LogP contribution in [0.4, 0.5) is 14.9 Å². The third-order valence-electron chi connectivity index (χ3n) is 6.75. The highest BCUT2D eigenvalue weighted by Crippen LogP contribution is 2.39. The summed E-state index contributed by atoms with van der Waals surface area (Å²) < 4.78 is 18.5. The molecule has 6 nitrogen and oxygen atoms in total. The SMILES string of the molecule is CCc1nn(-c2ccccc2)c2c1CN(C(=O)Nc1ccccc1)[C@@H](c1cccc(F)c1)c1cccn1-2. The molecule has 0 bridgehead atoms. The molecule has 37 heavy (non-hydrogen) atoms. The Balaban J connectivity index is 1.57. The zero-order valence-corrected chi connectivity index (χ0v) is 20.4. The molecule has 1 aliphatic rings. The second kappa shape index (κ2) is 9.43. The van der Waals surface area contributed by atoms with Crippen LogP contribution in [0.3, 0.4) is 0 Å². The maximum absolute atomic E-state index is 14.5. The molecule has 7 heteroatoms. The molecular formula is C30H26FN5O. The Labute approximate surface area is 214 Å². The van der Waals surface area contributed by atoms with Gasteiger partial charge >= 0.3 is 6.03 Å². The minimum atomic E-state index is -0.518. The first-order valence-corrected chi connectivity index (χ1v) is 12.4. The zero-order chi connectivity index (χ0) is 25.4. The van der Waals surface area contributed by atoms with Crippen molar-refractivity contribution in [1.82, 2.24) is 19.2 Å². The Morgan fingerprint density at radius 3 is 2.46 bits per heavy atom. The number of aromatic nitrogens is 3. The van der Waals surface area contributed by atoms with Gasteiger partial charge in [0.1, 0.15) is 11.6 Å². The third kappa shape index (κ3) is 4.08. The summed E-state index contributed by atoms with van der Waals surface area (Å²) in [4.78, 5) is 15.7. The molecule has 1 atom stereocenters. The summed E-state index contributed by atoms with van der Waals surface area (Å²) in [6.45, 7) is 2.38. The number of para-hydroxylation sites is 2. The summed E-state index contributed by atoms with van der Waals surface area (Å²) in [5.74, 6) is 0.546. The lowest BCUT2D eigenvalue weighted by Gasteiger charge is -2.31. The van der Waals surface area contributed by atoms with Crippen molar-refractivity contribution in [2.45, 2.75) is 25.9 Å². The van der Waals surface area contributed by atoms with Crippen LogP contribution in [-0.2, 0) is 13.0 Å². The Hall–Kier alpha value is -4.65. The van der Waals surface area contributed by atoms with E-state index in [1.54, 1.807) is 11.0 Å². The highest BCUT2D eigenvalue weighted by atomic mass is 19.1. The summed E-state index contributed by atoms with van der Waals surface area (Å²) in [5.41, 5.74) is 5.06. The molecule has 184 valence electrons.